The second-order valence-electron chi connectivity index (χ2n) is 5.14. The first kappa shape index (κ1) is 13.5. The van der Waals surface area contributed by atoms with E-state index >= 15 is 0 Å². The van der Waals surface area contributed by atoms with Crippen LogP contribution in [0, 0.1) is 5.92 Å². The maximum Gasteiger partial charge on any atom is 0.226 e. The first-order chi connectivity index (χ1) is 8.72. The fourth-order valence-electron chi connectivity index (χ4n) is 2.29. The second-order valence-corrected chi connectivity index (χ2v) is 5.14. The Kier molecular flexibility index (Phi) is 4.72. The lowest BCUT2D eigenvalue weighted by atomic mass is 9.83. The number of likely N-dealkylation sites (N-methyl/N-ethyl adjacent to an activating group) is 1. The Morgan fingerprint density at radius 2 is 2.11 bits per heavy atom. The molecule has 2 N–H and O–H groups in total. The summed E-state index contributed by atoms with van der Waals surface area (Å²) < 4.78 is 5.28. The van der Waals surface area contributed by atoms with Gasteiger partial charge in [-0.1, -0.05) is 25.4 Å². The monoisotopic (exact) mass is 252 g/mol. The fraction of sp³-hybridized carbons (Fsp3) is 0.846. The Morgan fingerprint density at radius 1 is 1.39 bits per heavy atom. The molecule has 102 valence electrons. The number of aromatic nitrogens is 2. The molecule has 0 saturated heterocycles. The molecular weight excluding hydrogens is 228 g/mol. The van der Waals surface area contributed by atoms with E-state index in [0.717, 1.165) is 37.9 Å². The summed E-state index contributed by atoms with van der Waals surface area (Å²) in [5.74, 6) is 2.15. The van der Waals surface area contributed by atoms with E-state index in [4.69, 9.17) is 10.3 Å². The summed E-state index contributed by atoms with van der Waals surface area (Å²) in [5.41, 5.74) is 6.11. The summed E-state index contributed by atoms with van der Waals surface area (Å²) in [4.78, 5) is 6.69. The number of hydrogen-bond acceptors (Lipinski definition) is 5. The van der Waals surface area contributed by atoms with Crippen molar-refractivity contribution in [2.75, 3.05) is 19.6 Å². The Bertz CT molecular complexity index is 358. The maximum atomic E-state index is 6.11. The van der Waals surface area contributed by atoms with Gasteiger partial charge < -0.3 is 15.2 Å². The van der Waals surface area contributed by atoms with Crippen LogP contribution < -0.4 is 5.73 Å². The van der Waals surface area contributed by atoms with Crippen LogP contribution in [-0.4, -0.2) is 34.7 Å². The lowest BCUT2D eigenvalue weighted by molar-refractivity contribution is 0.268. The molecule has 1 aliphatic rings. The second kappa shape index (κ2) is 6.29. The number of hydrogen-bond donors (Lipinski definition) is 1. The van der Waals surface area contributed by atoms with E-state index in [1.54, 1.807) is 0 Å². The van der Waals surface area contributed by atoms with Gasteiger partial charge in [-0.25, -0.2) is 0 Å². The van der Waals surface area contributed by atoms with Crippen LogP contribution in [0.15, 0.2) is 4.52 Å². The van der Waals surface area contributed by atoms with Gasteiger partial charge in [0, 0.05) is 13.0 Å². The summed E-state index contributed by atoms with van der Waals surface area (Å²) in [5, 5.41) is 4.01. The van der Waals surface area contributed by atoms with Crippen molar-refractivity contribution < 1.29 is 4.52 Å². The number of nitrogens with zero attached hydrogens (tertiary/aromatic N) is 3. The van der Waals surface area contributed by atoms with Crippen molar-refractivity contribution in [1.82, 2.24) is 15.0 Å². The van der Waals surface area contributed by atoms with Gasteiger partial charge in [-0.2, -0.15) is 4.98 Å². The Morgan fingerprint density at radius 3 is 2.67 bits per heavy atom. The molecule has 0 aliphatic heterocycles. The van der Waals surface area contributed by atoms with Crippen LogP contribution in [0.2, 0.25) is 0 Å². The highest BCUT2D eigenvalue weighted by Crippen LogP contribution is 2.29. The zero-order valence-corrected chi connectivity index (χ0v) is 11.4. The topological polar surface area (TPSA) is 68.2 Å². The highest BCUT2D eigenvalue weighted by molar-refractivity contribution is 4.95. The van der Waals surface area contributed by atoms with E-state index in [1.165, 1.54) is 19.3 Å². The Balaban J connectivity index is 1.87. The van der Waals surface area contributed by atoms with E-state index in [9.17, 15) is 0 Å². The summed E-state index contributed by atoms with van der Waals surface area (Å²) in [6.07, 6.45) is 4.85. The van der Waals surface area contributed by atoms with Crippen LogP contribution in [0.3, 0.4) is 0 Å². The fourth-order valence-corrected chi connectivity index (χ4v) is 2.29. The van der Waals surface area contributed by atoms with E-state index in [1.807, 2.05) is 0 Å². The third-order valence-corrected chi connectivity index (χ3v) is 3.85. The quantitative estimate of drug-likeness (QED) is 0.800. The minimum Gasteiger partial charge on any atom is -0.339 e. The molecule has 1 aliphatic carbocycles. The van der Waals surface area contributed by atoms with Crippen LogP contribution >= 0.6 is 0 Å². The molecule has 5 nitrogen and oxygen atoms in total. The molecule has 5 heteroatoms. The van der Waals surface area contributed by atoms with Crippen molar-refractivity contribution in [1.29, 1.82) is 0 Å². The molecule has 0 aromatic carbocycles. The standard InChI is InChI=1S/C13H24N4O/c1-3-17(4-2)9-11(14)13-15-12(18-16-13)8-10-6-5-7-10/h10-11H,3-9,14H2,1-2H3. The molecule has 1 unspecified atom stereocenters. The minimum atomic E-state index is -0.149. The molecule has 0 amide bonds. The summed E-state index contributed by atoms with van der Waals surface area (Å²) >= 11 is 0. The van der Waals surface area contributed by atoms with Crippen molar-refractivity contribution in [3.8, 4) is 0 Å². The molecule has 0 bridgehead atoms. The van der Waals surface area contributed by atoms with Crippen molar-refractivity contribution in [2.24, 2.45) is 11.7 Å². The van der Waals surface area contributed by atoms with Gasteiger partial charge in [0.25, 0.3) is 0 Å². The highest BCUT2D eigenvalue weighted by Gasteiger charge is 2.22. The first-order valence-electron chi connectivity index (χ1n) is 7.03. The Labute approximate surface area is 109 Å². The zero-order chi connectivity index (χ0) is 13.0. The van der Waals surface area contributed by atoms with Gasteiger partial charge in [0.2, 0.25) is 5.89 Å². The molecule has 18 heavy (non-hydrogen) atoms. The average Bonchev–Trinajstić information content (AvgIpc) is 2.79. The van der Waals surface area contributed by atoms with Crippen molar-refractivity contribution >= 4 is 0 Å². The summed E-state index contributed by atoms with van der Waals surface area (Å²) in [6.45, 7) is 7.05. The molecule has 0 radical (unpaired) electrons. The minimum absolute atomic E-state index is 0.149. The third-order valence-electron chi connectivity index (χ3n) is 3.85. The lowest BCUT2D eigenvalue weighted by Crippen LogP contribution is -2.32. The van der Waals surface area contributed by atoms with Gasteiger partial charge in [-0.3, -0.25) is 0 Å². The van der Waals surface area contributed by atoms with Crippen LogP contribution in [0.25, 0.3) is 0 Å². The molecule has 1 fully saturated rings. The predicted octanol–water partition coefficient (Wildman–Crippen LogP) is 1.75. The van der Waals surface area contributed by atoms with Gasteiger partial charge >= 0.3 is 0 Å². The first-order valence-corrected chi connectivity index (χ1v) is 7.03. The molecular formula is C13H24N4O. The van der Waals surface area contributed by atoms with Gasteiger partial charge in [-0.15, -0.1) is 0 Å². The van der Waals surface area contributed by atoms with Crippen molar-refractivity contribution in [3.05, 3.63) is 11.7 Å². The van der Waals surface area contributed by atoms with Gasteiger partial charge in [0.15, 0.2) is 5.82 Å². The van der Waals surface area contributed by atoms with E-state index in [-0.39, 0.29) is 6.04 Å². The molecule has 1 aromatic rings. The normalized spacial score (nSPS) is 18.0. The van der Waals surface area contributed by atoms with Gasteiger partial charge in [0.05, 0.1) is 6.04 Å². The highest BCUT2D eigenvalue weighted by atomic mass is 16.5. The molecule has 1 heterocycles. The number of rotatable bonds is 7. The molecule has 2 rings (SSSR count). The molecule has 1 saturated carbocycles. The predicted molar refractivity (Wildman–Crippen MR) is 70.1 cm³/mol. The summed E-state index contributed by atoms with van der Waals surface area (Å²) in [6, 6.07) is -0.149. The maximum absolute atomic E-state index is 6.11. The number of nitrogens with two attached hydrogens (primary N) is 1. The lowest BCUT2D eigenvalue weighted by Gasteiger charge is -2.23. The average molecular weight is 252 g/mol. The SMILES string of the molecule is CCN(CC)CC(N)c1noc(CC2CCC2)n1. The van der Waals surface area contributed by atoms with Gasteiger partial charge in [-0.05, 0) is 31.8 Å². The van der Waals surface area contributed by atoms with Crippen LogP contribution in [0.1, 0.15) is 50.9 Å². The van der Waals surface area contributed by atoms with Crippen LogP contribution in [-0.2, 0) is 6.42 Å². The van der Waals surface area contributed by atoms with Crippen LogP contribution in [0.4, 0.5) is 0 Å². The van der Waals surface area contributed by atoms with E-state index < -0.39 is 0 Å². The van der Waals surface area contributed by atoms with E-state index in [0.29, 0.717) is 5.82 Å². The molecule has 0 spiro atoms. The zero-order valence-electron chi connectivity index (χ0n) is 11.4. The van der Waals surface area contributed by atoms with Crippen molar-refractivity contribution in [3.63, 3.8) is 0 Å². The van der Waals surface area contributed by atoms with Crippen LogP contribution in [0.5, 0.6) is 0 Å². The Hall–Kier alpha value is -0.940. The summed E-state index contributed by atoms with van der Waals surface area (Å²) in [7, 11) is 0. The smallest absolute Gasteiger partial charge is 0.226 e. The molecule has 1 aromatic heterocycles. The largest absolute Gasteiger partial charge is 0.339 e. The van der Waals surface area contributed by atoms with Gasteiger partial charge in [0.1, 0.15) is 0 Å². The van der Waals surface area contributed by atoms with Crippen molar-refractivity contribution in [2.45, 2.75) is 45.6 Å². The molecule has 1 atom stereocenters. The third kappa shape index (κ3) is 3.29. The van der Waals surface area contributed by atoms with E-state index in [2.05, 4.69) is 28.9 Å².